The highest BCUT2D eigenvalue weighted by Gasteiger charge is 2.38. The second kappa shape index (κ2) is 6.45. The molecule has 3 rings (SSSR count). The number of ether oxygens (including phenoxy) is 1. The van der Waals surface area contributed by atoms with Gasteiger partial charge in [-0.3, -0.25) is 0 Å². The first-order valence-electron chi connectivity index (χ1n) is 8.08. The molecular weight excluding hydrogens is 284 g/mol. The minimum absolute atomic E-state index is 0.567. The standard InChI is InChI=1S/C17H25ClN2O/c1-3-8-21-17-7-4-12(11-16(17)18)19-13-9-14-5-6-15(10-13)20(14)2/h4,7,11,13-15,19H,3,5-6,8-10H2,1-2H3. The lowest BCUT2D eigenvalue weighted by atomic mass is 9.98. The van der Waals surface area contributed by atoms with Crippen LogP contribution in [0.3, 0.4) is 0 Å². The fraction of sp³-hybridized carbons (Fsp3) is 0.647. The highest BCUT2D eigenvalue weighted by molar-refractivity contribution is 6.32. The maximum atomic E-state index is 6.30. The van der Waals surface area contributed by atoms with Crippen molar-refractivity contribution in [3.8, 4) is 5.75 Å². The first-order valence-corrected chi connectivity index (χ1v) is 8.46. The van der Waals surface area contributed by atoms with E-state index >= 15 is 0 Å². The third kappa shape index (κ3) is 3.29. The van der Waals surface area contributed by atoms with Gasteiger partial charge >= 0.3 is 0 Å². The molecule has 0 aliphatic carbocycles. The number of nitrogens with zero attached hydrogens (tertiary/aromatic N) is 1. The van der Waals surface area contributed by atoms with Crippen LogP contribution in [0.1, 0.15) is 39.0 Å². The van der Waals surface area contributed by atoms with E-state index in [9.17, 15) is 0 Å². The van der Waals surface area contributed by atoms with Crippen LogP contribution in [-0.2, 0) is 0 Å². The van der Waals surface area contributed by atoms with E-state index in [4.69, 9.17) is 16.3 Å². The summed E-state index contributed by atoms with van der Waals surface area (Å²) in [6.45, 7) is 2.81. The second-order valence-electron chi connectivity index (χ2n) is 6.36. The maximum Gasteiger partial charge on any atom is 0.138 e. The van der Waals surface area contributed by atoms with E-state index in [1.54, 1.807) is 0 Å². The molecule has 2 aliphatic heterocycles. The fourth-order valence-electron chi connectivity index (χ4n) is 3.68. The summed E-state index contributed by atoms with van der Waals surface area (Å²) in [5.74, 6) is 0.785. The molecule has 1 aromatic carbocycles. The summed E-state index contributed by atoms with van der Waals surface area (Å²) in [7, 11) is 2.27. The third-order valence-corrected chi connectivity index (χ3v) is 5.16. The van der Waals surface area contributed by atoms with Crippen LogP contribution < -0.4 is 10.1 Å². The Morgan fingerprint density at radius 3 is 2.62 bits per heavy atom. The van der Waals surface area contributed by atoms with Crippen molar-refractivity contribution in [2.75, 3.05) is 19.0 Å². The number of benzene rings is 1. The van der Waals surface area contributed by atoms with Crippen LogP contribution in [0.5, 0.6) is 5.75 Å². The van der Waals surface area contributed by atoms with Gasteiger partial charge in [0.2, 0.25) is 0 Å². The monoisotopic (exact) mass is 308 g/mol. The number of hydrogen-bond donors (Lipinski definition) is 1. The molecular formula is C17H25ClN2O. The van der Waals surface area contributed by atoms with E-state index < -0.39 is 0 Å². The molecule has 1 aromatic rings. The van der Waals surface area contributed by atoms with Gasteiger partial charge in [-0.15, -0.1) is 0 Å². The van der Waals surface area contributed by atoms with Crippen molar-refractivity contribution in [2.45, 2.75) is 57.2 Å². The van der Waals surface area contributed by atoms with Crippen molar-refractivity contribution >= 4 is 17.3 Å². The Hall–Kier alpha value is -0.930. The zero-order valence-corrected chi connectivity index (χ0v) is 13.7. The molecule has 0 aromatic heterocycles. The van der Waals surface area contributed by atoms with Gasteiger partial charge in [0.1, 0.15) is 5.75 Å². The molecule has 2 unspecified atom stereocenters. The first kappa shape index (κ1) is 15.0. The molecule has 3 nitrogen and oxygen atoms in total. The number of nitrogens with one attached hydrogen (secondary N) is 1. The van der Waals surface area contributed by atoms with Gasteiger partial charge in [0.05, 0.1) is 11.6 Å². The molecule has 0 spiro atoms. The van der Waals surface area contributed by atoms with E-state index in [1.807, 2.05) is 12.1 Å². The smallest absolute Gasteiger partial charge is 0.138 e. The lowest BCUT2D eigenvalue weighted by Crippen LogP contribution is -2.44. The minimum Gasteiger partial charge on any atom is -0.492 e. The summed E-state index contributed by atoms with van der Waals surface area (Å²) in [5.41, 5.74) is 1.11. The Morgan fingerprint density at radius 2 is 2.00 bits per heavy atom. The fourth-order valence-corrected chi connectivity index (χ4v) is 3.92. The average Bonchev–Trinajstić information content (AvgIpc) is 2.69. The molecule has 0 amide bonds. The summed E-state index contributed by atoms with van der Waals surface area (Å²) in [6, 6.07) is 8.12. The molecule has 2 saturated heterocycles. The Bertz CT molecular complexity index is 480. The van der Waals surface area contributed by atoms with Crippen molar-refractivity contribution in [3.63, 3.8) is 0 Å². The molecule has 2 fully saturated rings. The number of piperidine rings is 1. The zero-order valence-electron chi connectivity index (χ0n) is 12.9. The quantitative estimate of drug-likeness (QED) is 0.883. The highest BCUT2D eigenvalue weighted by atomic mass is 35.5. The van der Waals surface area contributed by atoms with Gasteiger partial charge in [-0.1, -0.05) is 18.5 Å². The van der Waals surface area contributed by atoms with Gasteiger partial charge in [-0.05, 0) is 57.4 Å². The SMILES string of the molecule is CCCOc1ccc(NC2CC3CCC(C2)N3C)cc1Cl. The Kier molecular flexibility index (Phi) is 4.60. The number of halogens is 1. The summed E-state index contributed by atoms with van der Waals surface area (Å²) in [5, 5.41) is 4.36. The molecule has 2 bridgehead atoms. The molecule has 1 N–H and O–H groups in total. The van der Waals surface area contributed by atoms with Gasteiger partial charge in [0.25, 0.3) is 0 Å². The van der Waals surface area contributed by atoms with E-state index in [-0.39, 0.29) is 0 Å². The summed E-state index contributed by atoms with van der Waals surface area (Å²) < 4.78 is 5.62. The topological polar surface area (TPSA) is 24.5 Å². The zero-order chi connectivity index (χ0) is 14.8. The van der Waals surface area contributed by atoms with Crippen molar-refractivity contribution in [2.24, 2.45) is 0 Å². The van der Waals surface area contributed by atoms with Crippen molar-refractivity contribution in [3.05, 3.63) is 23.2 Å². The summed E-state index contributed by atoms with van der Waals surface area (Å²) in [4.78, 5) is 2.56. The molecule has 2 aliphatic rings. The van der Waals surface area contributed by atoms with Gasteiger partial charge in [0.15, 0.2) is 0 Å². The van der Waals surface area contributed by atoms with Gasteiger partial charge in [-0.25, -0.2) is 0 Å². The van der Waals surface area contributed by atoms with Crippen LogP contribution in [0.15, 0.2) is 18.2 Å². The Morgan fingerprint density at radius 1 is 1.29 bits per heavy atom. The summed E-state index contributed by atoms with van der Waals surface area (Å²) in [6.07, 6.45) is 6.17. The van der Waals surface area contributed by atoms with Crippen LogP contribution in [0.2, 0.25) is 5.02 Å². The largest absolute Gasteiger partial charge is 0.492 e. The average molecular weight is 309 g/mol. The van der Waals surface area contributed by atoms with Crippen LogP contribution in [-0.4, -0.2) is 36.7 Å². The van der Waals surface area contributed by atoms with Crippen molar-refractivity contribution in [1.29, 1.82) is 0 Å². The third-order valence-electron chi connectivity index (χ3n) is 4.86. The molecule has 2 heterocycles. The first-order chi connectivity index (χ1) is 10.2. The molecule has 0 radical (unpaired) electrons. The lowest BCUT2D eigenvalue weighted by Gasteiger charge is -2.37. The number of fused-ring (bicyclic) bond motifs is 2. The molecule has 21 heavy (non-hydrogen) atoms. The number of rotatable bonds is 5. The van der Waals surface area contributed by atoms with E-state index in [0.29, 0.717) is 17.7 Å². The normalized spacial score (nSPS) is 28.6. The van der Waals surface area contributed by atoms with Crippen LogP contribution >= 0.6 is 11.6 Å². The van der Waals surface area contributed by atoms with E-state index in [2.05, 4.69) is 30.3 Å². The minimum atomic E-state index is 0.567. The Balaban J connectivity index is 1.62. The number of hydrogen-bond acceptors (Lipinski definition) is 3. The van der Waals surface area contributed by atoms with E-state index in [1.165, 1.54) is 25.7 Å². The molecule has 2 atom stereocenters. The molecule has 116 valence electrons. The Labute approximate surface area is 132 Å². The summed E-state index contributed by atoms with van der Waals surface area (Å²) >= 11 is 6.30. The van der Waals surface area contributed by atoms with Gasteiger partial charge in [0, 0.05) is 23.8 Å². The van der Waals surface area contributed by atoms with Crippen LogP contribution in [0, 0.1) is 0 Å². The van der Waals surface area contributed by atoms with E-state index in [0.717, 1.165) is 29.9 Å². The second-order valence-corrected chi connectivity index (χ2v) is 6.76. The molecule has 4 heteroatoms. The van der Waals surface area contributed by atoms with Crippen LogP contribution in [0.25, 0.3) is 0 Å². The lowest BCUT2D eigenvalue weighted by molar-refractivity contribution is 0.169. The molecule has 0 saturated carbocycles. The predicted octanol–water partition coefficient (Wildman–Crippen LogP) is 4.17. The maximum absolute atomic E-state index is 6.30. The number of anilines is 1. The van der Waals surface area contributed by atoms with Gasteiger partial charge in [-0.2, -0.15) is 0 Å². The van der Waals surface area contributed by atoms with Crippen molar-refractivity contribution < 1.29 is 4.74 Å². The predicted molar refractivity (Wildman–Crippen MR) is 88.5 cm³/mol. The van der Waals surface area contributed by atoms with Crippen LogP contribution in [0.4, 0.5) is 5.69 Å². The van der Waals surface area contributed by atoms with Crippen molar-refractivity contribution in [1.82, 2.24) is 4.90 Å². The highest BCUT2D eigenvalue weighted by Crippen LogP contribution is 2.36. The van der Waals surface area contributed by atoms with Gasteiger partial charge < -0.3 is 15.0 Å².